The maximum Gasteiger partial charge on any atom is 0.250 e. The van der Waals surface area contributed by atoms with Crippen molar-refractivity contribution in [1.29, 1.82) is 0 Å². The molecule has 2 aliphatic heterocycles. The third-order valence-corrected chi connectivity index (χ3v) is 7.56. The van der Waals surface area contributed by atoms with Crippen molar-refractivity contribution in [3.8, 4) is 0 Å². The first-order valence-electron chi connectivity index (χ1n) is 12.1. The van der Waals surface area contributed by atoms with E-state index in [0.717, 1.165) is 49.0 Å². The third-order valence-electron chi connectivity index (χ3n) is 7.56. The molecule has 1 N–H and O–H groups in total. The molecule has 5 rings (SSSR count). The van der Waals surface area contributed by atoms with Crippen LogP contribution in [0.1, 0.15) is 57.6 Å². The second kappa shape index (κ2) is 8.65. The first-order chi connectivity index (χ1) is 16.0. The average molecular weight is 446 g/mol. The number of rotatable bonds is 4. The zero-order valence-corrected chi connectivity index (χ0v) is 19.2. The summed E-state index contributed by atoms with van der Waals surface area (Å²) in [6.45, 7) is 3.74. The number of hydrogen-bond donors (Lipinski definition) is 1. The molecule has 5 atom stereocenters. The van der Waals surface area contributed by atoms with Crippen molar-refractivity contribution in [3.05, 3.63) is 60.2 Å². The molecule has 2 aromatic carbocycles. The highest BCUT2D eigenvalue weighted by atomic mass is 16.2. The Balaban J connectivity index is 1.42. The Morgan fingerprint density at radius 2 is 1.55 bits per heavy atom. The summed E-state index contributed by atoms with van der Waals surface area (Å²) in [5.41, 5.74) is 2.93. The molecule has 2 heterocycles. The van der Waals surface area contributed by atoms with Crippen LogP contribution in [-0.2, 0) is 14.4 Å². The molecule has 1 aliphatic carbocycles. The number of nitrogens with one attached hydrogen (secondary N) is 1. The zero-order valence-electron chi connectivity index (χ0n) is 19.2. The predicted octanol–water partition coefficient (Wildman–Crippen LogP) is 4.53. The minimum absolute atomic E-state index is 0.0656. The van der Waals surface area contributed by atoms with Gasteiger partial charge in [-0.15, -0.1) is 0 Å². The average Bonchev–Trinajstić information content (AvgIpc) is 3.09. The number of para-hydroxylation sites is 2. The van der Waals surface area contributed by atoms with Gasteiger partial charge in [0.25, 0.3) is 0 Å². The minimum atomic E-state index is -0.801. The van der Waals surface area contributed by atoms with Gasteiger partial charge in [0.05, 0.1) is 17.9 Å². The van der Waals surface area contributed by atoms with E-state index in [4.69, 9.17) is 0 Å². The molecule has 1 saturated heterocycles. The predicted molar refractivity (Wildman–Crippen MR) is 128 cm³/mol. The molecule has 2 aromatic rings. The Morgan fingerprint density at radius 1 is 0.939 bits per heavy atom. The van der Waals surface area contributed by atoms with Crippen molar-refractivity contribution < 1.29 is 14.4 Å². The molecule has 6 nitrogen and oxygen atoms in total. The number of imide groups is 1. The van der Waals surface area contributed by atoms with Crippen LogP contribution in [0.25, 0.3) is 0 Å². The van der Waals surface area contributed by atoms with Gasteiger partial charge in [-0.3, -0.25) is 19.3 Å². The van der Waals surface area contributed by atoms with E-state index in [1.165, 1.54) is 4.90 Å². The molecule has 0 unspecified atom stereocenters. The van der Waals surface area contributed by atoms with E-state index in [0.29, 0.717) is 0 Å². The van der Waals surface area contributed by atoms with Crippen LogP contribution >= 0.6 is 0 Å². The van der Waals surface area contributed by atoms with Crippen molar-refractivity contribution in [2.45, 2.75) is 64.1 Å². The Kier molecular flexibility index (Phi) is 5.69. The number of benzene rings is 2. The van der Waals surface area contributed by atoms with E-state index < -0.39 is 6.04 Å². The maximum absolute atomic E-state index is 13.8. The van der Waals surface area contributed by atoms with Crippen molar-refractivity contribution >= 4 is 29.1 Å². The number of nitrogens with zero attached hydrogens (tertiary/aromatic N) is 2. The normalized spacial score (nSPS) is 27.7. The number of carbonyl (C=O) groups excluding carboxylic acids is 3. The molecule has 0 bridgehead atoms. The molecule has 2 fully saturated rings. The van der Waals surface area contributed by atoms with Gasteiger partial charge < -0.3 is 10.2 Å². The number of hydrogen-bond acceptors (Lipinski definition) is 4. The second-order valence-corrected chi connectivity index (χ2v) is 9.63. The number of fused-ring (bicyclic) bond motifs is 2. The number of likely N-dealkylation sites (tertiary alicyclic amines) is 1. The molecular weight excluding hydrogens is 414 g/mol. The van der Waals surface area contributed by atoms with E-state index >= 15 is 0 Å². The maximum atomic E-state index is 13.8. The number of amides is 3. The largest absolute Gasteiger partial charge is 0.378 e. The quantitative estimate of drug-likeness (QED) is 0.702. The summed E-state index contributed by atoms with van der Waals surface area (Å²) in [7, 11) is 0. The first-order valence-corrected chi connectivity index (χ1v) is 12.1. The molecule has 0 aromatic heterocycles. The first kappa shape index (κ1) is 21.7. The highest BCUT2D eigenvalue weighted by molar-refractivity contribution is 6.10. The summed E-state index contributed by atoms with van der Waals surface area (Å²) in [5.74, 6) is -0.994. The summed E-state index contributed by atoms with van der Waals surface area (Å²) in [6.07, 6.45) is 4.19. The van der Waals surface area contributed by atoms with Crippen molar-refractivity contribution in [3.63, 3.8) is 0 Å². The van der Waals surface area contributed by atoms with Crippen molar-refractivity contribution in [2.24, 2.45) is 11.8 Å². The highest BCUT2D eigenvalue weighted by Crippen LogP contribution is 2.42. The zero-order chi connectivity index (χ0) is 23.1. The Labute approximate surface area is 194 Å². The molecular formula is C27H31N3O3. The minimum Gasteiger partial charge on any atom is -0.378 e. The van der Waals surface area contributed by atoms with Gasteiger partial charge in [-0.2, -0.15) is 0 Å². The Hall–Kier alpha value is -3.15. The SMILES string of the molecule is C[C@@H](C(=O)N1c2ccccc2[C@H](Nc2ccccc2)C[C@@H]1C)N1C(=O)[C@H]2CCCC[C@@H]2C1=O. The molecule has 33 heavy (non-hydrogen) atoms. The van der Waals surface area contributed by atoms with Crippen LogP contribution in [0, 0.1) is 11.8 Å². The lowest BCUT2D eigenvalue weighted by molar-refractivity contribution is -0.146. The van der Waals surface area contributed by atoms with Gasteiger partial charge in [-0.05, 0) is 56.9 Å². The van der Waals surface area contributed by atoms with Gasteiger partial charge in [0, 0.05) is 17.4 Å². The van der Waals surface area contributed by atoms with E-state index in [2.05, 4.69) is 5.32 Å². The Morgan fingerprint density at radius 3 is 2.21 bits per heavy atom. The standard InChI is InChI=1S/C27H31N3O3/c1-17-16-23(28-19-10-4-3-5-11-19)22-14-8-9-15-24(22)29(17)25(31)18(2)30-26(32)20-12-6-7-13-21(20)27(30)33/h3-5,8-11,14-15,17-18,20-21,23,28H,6-7,12-13,16H2,1-2H3/t17-,18-,20-,21-,23+/m0/s1. The van der Waals surface area contributed by atoms with Crippen LogP contribution in [0.3, 0.4) is 0 Å². The number of carbonyl (C=O) groups is 3. The lowest BCUT2D eigenvalue weighted by atomic mass is 9.81. The molecule has 0 radical (unpaired) electrons. The van der Waals surface area contributed by atoms with Gasteiger partial charge in [0.2, 0.25) is 17.7 Å². The van der Waals surface area contributed by atoms with Crippen LogP contribution in [0.5, 0.6) is 0 Å². The fraction of sp³-hybridized carbons (Fsp3) is 0.444. The highest BCUT2D eigenvalue weighted by Gasteiger charge is 2.51. The van der Waals surface area contributed by atoms with Crippen LogP contribution in [0.15, 0.2) is 54.6 Å². The van der Waals surface area contributed by atoms with Crippen molar-refractivity contribution in [2.75, 3.05) is 10.2 Å². The van der Waals surface area contributed by atoms with Crippen molar-refractivity contribution in [1.82, 2.24) is 4.90 Å². The third kappa shape index (κ3) is 3.71. The molecule has 6 heteroatoms. The van der Waals surface area contributed by atoms with Gasteiger partial charge in [0.1, 0.15) is 6.04 Å². The van der Waals surface area contributed by atoms with E-state index in [-0.39, 0.29) is 41.6 Å². The molecule has 172 valence electrons. The second-order valence-electron chi connectivity index (χ2n) is 9.63. The van der Waals surface area contributed by atoms with Crippen LogP contribution in [0.4, 0.5) is 11.4 Å². The summed E-state index contributed by atoms with van der Waals surface area (Å²) >= 11 is 0. The summed E-state index contributed by atoms with van der Waals surface area (Å²) < 4.78 is 0. The lowest BCUT2D eigenvalue weighted by Crippen LogP contribution is -2.54. The van der Waals surface area contributed by atoms with E-state index in [1.807, 2.05) is 61.5 Å². The molecule has 1 saturated carbocycles. The van der Waals surface area contributed by atoms with Gasteiger partial charge in [0.15, 0.2) is 0 Å². The monoisotopic (exact) mass is 445 g/mol. The molecule has 3 amide bonds. The number of anilines is 2. The summed E-state index contributed by atoms with van der Waals surface area (Å²) in [4.78, 5) is 43.0. The Bertz CT molecular complexity index is 1050. The topological polar surface area (TPSA) is 69.7 Å². The summed E-state index contributed by atoms with van der Waals surface area (Å²) in [6, 6.07) is 17.2. The summed E-state index contributed by atoms with van der Waals surface area (Å²) in [5, 5.41) is 3.60. The molecule has 0 spiro atoms. The fourth-order valence-electron chi connectivity index (χ4n) is 5.90. The van der Waals surface area contributed by atoms with Crippen LogP contribution < -0.4 is 10.2 Å². The fourth-order valence-corrected chi connectivity index (χ4v) is 5.90. The van der Waals surface area contributed by atoms with Gasteiger partial charge >= 0.3 is 0 Å². The van der Waals surface area contributed by atoms with Crippen LogP contribution in [-0.4, -0.2) is 34.7 Å². The van der Waals surface area contributed by atoms with E-state index in [1.54, 1.807) is 11.8 Å². The van der Waals surface area contributed by atoms with Gasteiger partial charge in [-0.1, -0.05) is 49.2 Å². The molecule has 3 aliphatic rings. The van der Waals surface area contributed by atoms with E-state index in [9.17, 15) is 14.4 Å². The van der Waals surface area contributed by atoms with Gasteiger partial charge in [-0.25, -0.2) is 0 Å². The van der Waals surface area contributed by atoms with Crippen LogP contribution in [0.2, 0.25) is 0 Å². The lowest BCUT2D eigenvalue weighted by Gasteiger charge is -2.41. The smallest absolute Gasteiger partial charge is 0.250 e.